The van der Waals surface area contributed by atoms with Crippen molar-refractivity contribution in [3.63, 3.8) is 0 Å². The number of rotatable bonds is 5. The van der Waals surface area contributed by atoms with Gasteiger partial charge in [-0.05, 0) is 27.0 Å². The Hall–Kier alpha value is -1.17. The van der Waals surface area contributed by atoms with E-state index >= 15 is 0 Å². The van der Waals surface area contributed by atoms with Crippen LogP contribution in [0.15, 0.2) is 15.9 Å². The zero-order valence-corrected chi connectivity index (χ0v) is 11.9. The third-order valence-corrected chi connectivity index (χ3v) is 3.64. The van der Waals surface area contributed by atoms with E-state index in [1.54, 1.807) is 11.3 Å². The van der Waals surface area contributed by atoms with Crippen LogP contribution in [0.4, 0.5) is 0 Å². The highest BCUT2D eigenvalue weighted by Gasteiger charge is 2.09. The Bertz CT molecular complexity index is 518. The van der Waals surface area contributed by atoms with Crippen LogP contribution in [0.5, 0.6) is 0 Å². The first kappa shape index (κ1) is 13.3. The average Bonchev–Trinajstić information content (AvgIpc) is 2.85. The van der Waals surface area contributed by atoms with E-state index in [9.17, 15) is 0 Å². The lowest BCUT2D eigenvalue weighted by Gasteiger charge is -2.13. The van der Waals surface area contributed by atoms with Crippen molar-refractivity contribution in [2.24, 2.45) is 5.73 Å². The molecule has 2 N–H and O–H groups in total. The number of furan rings is 1. The Labute approximate surface area is 111 Å². The minimum atomic E-state index is 0.532. The van der Waals surface area contributed by atoms with Crippen LogP contribution >= 0.6 is 11.3 Å². The van der Waals surface area contributed by atoms with E-state index < -0.39 is 0 Å². The topological polar surface area (TPSA) is 55.3 Å². The minimum Gasteiger partial charge on any atom is -0.465 e. The smallest absolute Gasteiger partial charge is 0.118 e. The van der Waals surface area contributed by atoms with Crippen molar-refractivity contribution < 1.29 is 4.42 Å². The summed E-state index contributed by atoms with van der Waals surface area (Å²) in [5.74, 6) is 1.88. The fourth-order valence-electron chi connectivity index (χ4n) is 1.95. The molecule has 0 amide bonds. The lowest BCUT2D eigenvalue weighted by Crippen LogP contribution is -2.17. The second-order valence-electron chi connectivity index (χ2n) is 4.53. The van der Waals surface area contributed by atoms with Crippen LogP contribution in [0.2, 0.25) is 0 Å². The van der Waals surface area contributed by atoms with Crippen molar-refractivity contribution in [3.8, 4) is 0 Å². The molecule has 0 unspecified atom stereocenters. The maximum absolute atomic E-state index is 5.68. The van der Waals surface area contributed by atoms with Gasteiger partial charge < -0.3 is 10.2 Å². The number of nitrogens with zero attached hydrogens (tertiary/aromatic N) is 2. The van der Waals surface area contributed by atoms with E-state index in [-0.39, 0.29) is 0 Å². The summed E-state index contributed by atoms with van der Waals surface area (Å²) in [5.41, 5.74) is 7.84. The highest BCUT2D eigenvalue weighted by molar-refractivity contribution is 7.09. The number of aryl methyl sites for hydroxylation is 2. The summed E-state index contributed by atoms with van der Waals surface area (Å²) in [4.78, 5) is 6.65. The largest absolute Gasteiger partial charge is 0.465 e. The highest BCUT2D eigenvalue weighted by atomic mass is 32.1. The van der Waals surface area contributed by atoms with Crippen molar-refractivity contribution in [3.05, 3.63) is 39.2 Å². The molecule has 0 fully saturated rings. The summed E-state index contributed by atoms with van der Waals surface area (Å²) in [6.07, 6.45) is 0. The van der Waals surface area contributed by atoms with Crippen molar-refractivity contribution in [2.45, 2.75) is 33.5 Å². The van der Waals surface area contributed by atoms with Gasteiger partial charge >= 0.3 is 0 Å². The molecule has 2 aromatic heterocycles. The number of nitrogens with two attached hydrogens (primary N) is 1. The first-order chi connectivity index (χ1) is 8.58. The van der Waals surface area contributed by atoms with Gasteiger partial charge in [0.1, 0.15) is 11.5 Å². The van der Waals surface area contributed by atoms with E-state index in [1.165, 1.54) is 0 Å². The molecule has 0 radical (unpaired) electrons. The Kier molecular flexibility index (Phi) is 4.16. The number of hydrogen-bond acceptors (Lipinski definition) is 5. The molecule has 0 aliphatic carbocycles. The summed E-state index contributed by atoms with van der Waals surface area (Å²) >= 11 is 1.69. The van der Waals surface area contributed by atoms with Crippen molar-refractivity contribution in [1.82, 2.24) is 9.88 Å². The Morgan fingerprint density at radius 2 is 2.17 bits per heavy atom. The highest BCUT2D eigenvalue weighted by Crippen LogP contribution is 2.16. The van der Waals surface area contributed by atoms with Crippen LogP contribution in [0.3, 0.4) is 0 Å². The van der Waals surface area contributed by atoms with Gasteiger partial charge in [0.2, 0.25) is 0 Å². The molecule has 0 aliphatic heterocycles. The lowest BCUT2D eigenvalue weighted by molar-refractivity contribution is 0.282. The lowest BCUT2D eigenvalue weighted by atomic mass is 10.2. The first-order valence-corrected chi connectivity index (χ1v) is 6.84. The Morgan fingerprint density at radius 1 is 1.39 bits per heavy atom. The van der Waals surface area contributed by atoms with E-state index in [1.807, 2.05) is 19.9 Å². The molecule has 2 rings (SSSR count). The Balaban J connectivity index is 1.96. The predicted octanol–water partition coefficient (Wildman–Crippen LogP) is 2.44. The van der Waals surface area contributed by atoms with E-state index in [0.717, 1.165) is 40.9 Å². The van der Waals surface area contributed by atoms with Crippen LogP contribution in [-0.4, -0.2) is 16.9 Å². The minimum absolute atomic E-state index is 0.532. The molecule has 18 heavy (non-hydrogen) atoms. The maximum Gasteiger partial charge on any atom is 0.118 e. The molecule has 0 atom stereocenters. The monoisotopic (exact) mass is 265 g/mol. The second kappa shape index (κ2) is 5.65. The van der Waals surface area contributed by atoms with E-state index in [0.29, 0.717) is 6.54 Å². The Morgan fingerprint density at radius 3 is 2.72 bits per heavy atom. The molecule has 98 valence electrons. The molecule has 0 bridgehead atoms. The number of aromatic nitrogens is 1. The molecule has 0 saturated heterocycles. The van der Waals surface area contributed by atoms with Crippen LogP contribution in [0.1, 0.15) is 27.8 Å². The van der Waals surface area contributed by atoms with Gasteiger partial charge in [0.05, 0.1) is 17.2 Å². The maximum atomic E-state index is 5.68. The van der Waals surface area contributed by atoms with E-state index in [4.69, 9.17) is 10.2 Å². The molecular weight excluding hydrogens is 246 g/mol. The van der Waals surface area contributed by atoms with Crippen LogP contribution in [0.25, 0.3) is 0 Å². The molecule has 0 aromatic carbocycles. The quantitative estimate of drug-likeness (QED) is 0.902. The van der Waals surface area contributed by atoms with E-state index in [2.05, 4.69) is 22.3 Å². The SMILES string of the molecule is Cc1nc(CN(C)Cc2cc(CN)c(C)o2)cs1. The predicted molar refractivity (Wildman–Crippen MR) is 73.4 cm³/mol. The average molecular weight is 265 g/mol. The van der Waals surface area contributed by atoms with Crippen molar-refractivity contribution in [1.29, 1.82) is 0 Å². The molecule has 2 aromatic rings. The van der Waals surface area contributed by atoms with Gasteiger partial charge in [-0.2, -0.15) is 0 Å². The zero-order valence-electron chi connectivity index (χ0n) is 11.1. The van der Waals surface area contributed by atoms with Gasteiger partial charge in [-0.3, -0.25) is 4.90 Å². The van der Waals surface area contributed by atoms with Crippen LogP contribution < -0.4 is 5.73 Å². The summed E-state index contributed by atoms with van der Waals surface area (Å²) in [6.45, 7) is 6.12. The molecule has 0 aliphatic rings. The van der Waals surface area contributed by atoms with Gasteiger partial charge in [0, 0.05) is 24.0 Å². The van der Waals surface area contributed by atoms with Crippen molar-refractivity contribution in [2.75, 3.05) is 7.05 Å². The summed E-state index contributed by atoms with van der Waals surface area (Å²) in [7, 11) is 2.06. The van der Waals surface area contributed by atoms with Gasteiger partial charge in [0.15, 0.2) is 0 Å². The molecule has 2 heterocycles. The molecule has 0 saturated carbocycles. The van der Waals surface area contributed by atoms with Gasteiger partial charge in [-0.25, -0.2) is 4.98 Å². The third kappa shape index (κ3) is 3.19. The zero-order chi connectivity index (χ0) is 13.1. The first-order valence-electron chi connectivity index (χ1n) is 5.96. The van der Waals surface area contributed by atoms with Crippen LogP contribution in [0, 0.1) is 13.8 Å². The van der Waals surface area contributed by atoms with Crippen LogP contribution in [-0.2, 0) is 19.6 Å². The normalized spacial score (nSPS) is 11.4. The summed E-state index contributed by atoms with van der Waals surface area (Å²) in [6, 6.07) is 2.04. The molecule has 0 spiro atoms. The van der Waals surface area contributed by atoms with Gasteiger partial charge in [-0.15, -0.1) is 11.3 Å². The van der Waals surface area contributed by atoms with Gasteiger partial charge in [-0.1, -0.05) is 0 Å². The number of hydrogen-bond donors (Lipinski definition) is 1. The third-order valence-electron chi connectivity index (χ3n) is 2.82. The second-order valence-corrected chi connectivity index (χ2v) is 5.59. The molecular formula is C13H19N3OS. The summed E-state index contributed by atoms with van der Waals surface area (Å²) in [5, 5.41) is 3.21. The number of thiazole rings is 1. The standard InChI is InChI=1S/C13H19N3OS/c1-9-11(5-14)4-13(17-9)7-16(3)6-12-8-18-10(2)15-12/h4,8H,5-7,14H2,1-3H3. The fraction of sp³-hybridized carbons (Fsp3) is 0.462. The van der Waals surface area contributed by atoms with Gasteiger partial charge in [0.25, 0.3) is 0 Å². The summed E-state index contributed by atoms with van der Waals surface area (Å²) < 4.78 is 5.68. The molecule has 4 nitrogen and oxygen atoms in total. The van der Waals surface area contributed by atoms with Crippen molar-refractivity contribution >= 4 is 11.3 Å². The fourth-order valence-corrected chi connectivity index (χ4v) is 2.55. The molecule has 5 heteroatoms.